The van der Waals surface area contributed by atoms with Gasteiger partial charge in [0.25, 0.3) is 0 Å². The molecule has 0 aromatic heterocycles. The summed E-state index contributed by atoms with van der Waals surface area (Å²) in [7, 11) is 4.04. The van der Waals surface area contributed by atoms with E-state index in [1.54, 1.807) is 19.1 Å². The molecular weight excluding hydrogens is 242 g/mol. The third kappa shape index (κ3) is 4.79. The Kier molecular flexibility index (Phi) is 5.63. The first kappa shape index (κ1) is 15.3. The highest BCUT2D eigenvalue weighted by Gasteiger charge is 2.12. The number of benzene rings is 1. The van der Waals surface area contributed by atoms with Gasteiger partial charge in [-0.25, -0.2) is 4.79 Å². The van der Waals surface area contributed by atoms with Gasteiger partial charge in [-0.3, -0.25) is 0 Å². The van der Waals surface area contributed by atoms with Crippen molar-refractivity contribution in [2.45, 2.75) is 19.9 Å². The molecule has 0 aliphatic carbocycles. The zero-order valence-corrected chi connectivity index (χ0v) is 12.1. The molecule has 0 radical (unpaired) electrons. The van der Waals surface area contributed by atoms with Gasteiger partial charge in [0.05, 0.1) is 12.2 Å². The van der Waals surface area contributed by atoms with Gasteiger partial charge in [-0.05, 0) is 46.1 Å². The van der Waals surface area contributed by atoms with Crippen molar-refractivity contribution >= 4 is 17.3 Å². The summed E-state index contributed by atoms with van der Waals surface area (Å²) in [5.74, 6) is -0.385. The molecule has 0 aliphatic rings. The molecule has 0 amide bonds. The molecule has 0 saturated heterocycles. The maximum atomic E-state index is 11.7. The molecule has 5 heteroatoms. The lowest BCUT2D eigenvalue weighted by atomic mass is 10.1. The first-order valence-corrected chi connectivity index (χ1v) is 6.42. The third-order valence-corrected chi connectivity index (χ3v) is 2.60. The highest BCUT2D eigenvalue weighted by molar-refractivity contribution is 5.96. The minimum absolute atomic E-state index is 0.272. The van der Waals surface area contributed by atoms with Crippen LogP contribution in [0.5, 0.6) is 0 Å². The highest BCUT2D eigenvalue weighted by atomic mass is 16.5. The van der Waals surface area contributed by atoms with Crippen LogP contribution in [0.2, 0.25) is 0 Å². The summed E-state index contributed by atoms with van der Waals surface area (Å²) in [6.07, 6.45) is 0. The SMILES string of the molecule is CCOC(=O)c1cc(NC(C)CN(C)C)ccc1N. The first-order valence-electron chi connectivity index (χ1n) is 6.42. The standard InChI is InChI=1S/C14H23N3O2/c1-5-19-14(18)12-8-11(6-7-13(12)15)16-10(2)9-17(3)4/h6-8,10,16H,5,9,15H2,1-4H3. The summed E-state index contributed by atoms with van der Waals surface area (Å²) in [5, 5.41) is 3.33. The summed E-state index contributed by atoms with van der Waals surface area (Å²) in [6, 6.07) is 5.59. The number of esters is 1. The Labute approximate surface area is 114 Å². The molecule has 106 valence electrons. The van der Waals surface area contributed by atoms with Crippen LogP contribution in [0, 0.1) is 0 Å². The average Bonchev–Trinajstić information content (AvgIpc) is 2.30. The molecule has 1 aromatic rings. The van der Waals surface area contributed by atoms with E-state index in [9.17, 15) is 4.79 Å². The second-order valence-electron chi connectivity index (χ2n) is 4.83. The Morgan fingerprint density at radius 2 is 2.16 bits per heavy atom. The van der Waals surface area contributed by atoms with Gasteiger partial charge in [-0.1, -0.05) is 0 Å². The maximum absolute atomic E-state index is 11.7. The zero-order valence-electron chi connectivity index (χ0n) is 12.1. The van der Waals surface area contributed by atoms with E-state index in [-0.39, 0.29) is 12.0 Å². The predicted octanol–water partition coefficient (Wildman–Crippen LogP) is 1.81. The van der Waals surface area contributed by atoms with Crippen molar-refractivity contribution in [3.8, 4) is 0 Å². The van der Waals surface area contributed by atoms with Crippen LogP contribution in [0.25, 0.3) is 0 Å². The summed E-state index contributed by atoms with van der Waals surface area (Å²) in [4.78, 5) is 13.8. The lowest BCUT2D eigenvalue weighted by Gasteiger charge is -2.20. The van der Waals surface area contributed by atoms with Crippen LogP contribution in [0.15, 0.2) is 18.2 Å². The van der Waals surface area contributed by atoms with Gasteiger partial charge in [-0.15, -0.1) is 0 Å². The topological polar surface area (TPSA) is 67.6 Å². The van der Waals surface area contributed by atoms with Gasteiger partial charge < -0.3 is 20.7 Å². The Bertz CT molecular complexity index is 433. The molecule has 0 heterocycles. The number of anilines is 2. The fraction of sp³-hybridized carbons (Fsp3) is 0.500. The number of rotatable bonds is 6. The van der Waals surface area contributed by atoms with Crippen LogP contribution in [-0.4, -0.2) is 44.2 Å². The van der Waals surface area contributed by atoms with Crippen molar-refractivity contribution < 1.29 is 9.53 Å². The number of hydrogen-bond donors (Lipinski definition) is 2. The van der Waals surface area contributed by atoms with Crippen molar-refractivity contribution in [2.75, 3.05) is 38.3 Å². The molecule has 0 saturated carbocycles. The lowest BCUT2D eigenvalue weighted by molar-refractivity contribution is 0.0527. The summed E-state index contributed by atoms with van der Waals surface area (Å²) >= 11 is 0. The molecule has 0 spiro atoms. The largest absolute Gasteiger partial charge is 0.462 e. The molecule has 1 atom stereocenters. The minimum atomic E-state index is -0.385. The first-order chi connectivity index (χ1) is 8.93. The lowest BCUT2D eigenvalue weighted by Crippen LogP contribution is -2.29. The fourth-order valence-electron chi connectivity index (χ4n) is 1.91. The third-order valence-electron chi connectivity index (χ3n) is 2.60. The minimum Gasteiger partial charge on any atom is -0.462 e. The number of nitrogens with one attached hydrogen (secondary N) is 1. The summed E-state index contributed by atoms with van der Waals surface area (Å²) in [5.41, 5.74) is 7.50. The number of nitrogens with zero attached hydrogens (tertiary/aromatic N) is 1. The molecule has 0 bridgehead atoms. The number of carbonyl (C=O) groups is 1. The van der Waals surface area contributed by atoms with E-state index in [0.717, 1.165) is 12.2 Å². The van der Waals surface area contributed by atoms with Crippen molar-refractivity contribution in [3.05, 3.63) is 23.8 Å². The predicted molar refractivity (Wildman–Crippen MR) is 78.4 cm³/mol. The monoisotopic (exact) mass is 265 g/mol. The Morgan fingerprint density at radius 1 is 1.47 bits per heavy atom. The molecule has 1 rings (SSSR count). The Hall–Kier alpha value is -1.75. The van der Waals surface area contributed by atoms with Crippen molar-refractivity contribution in [1.29, 1.82) is 0 Å². The van der Waals surface area contributed by atoms with Gasteiger partial charge in [0.15, 0.2) is 0 Å². The molecule has 0 fully saturated rings. The van der Waals surface area contributed by atoms with Gasteiger partial charge in [0.2, 0.25) is 0 Å². The van der Waals surface area contributed by atoms with Crippen LogP contribution < -0.4 is 11.1 Å². The second kappa shape index (κ2) is 6.99. The van der Waals surface area contributed by atoms with Gasteiger partial charge in [0, 0.05) is 24.0 Å². The van der Waals surface area contributed by atoms with E-state index in [4.69, 9.17) is 10.5 Å². The fourth-order valence-corrected chi connectivity index (χ4v) is 1.91. The Morgan fingerprint density at radius 3 is 2.74 bits per heavy atom. The van der Waals surface area contributed by atoms with E-state index in [1.165, 1.54) is 0 Å². The number of likely N-dealkylation sites (N-methyl/N-ethyl adjacent to an activating group) is 1. The summed E-state index contributed by atoms with van der Waals surface area (Å²) in [6.45, 7) is 5.10. The second-order valence-corrected chi connectivity index (χ2v) is 4.83. The number of nitrogens with two attached hydrogens (primary N) is 1. The van der Waals surface area contributed by atoms with E-state index in [0.29, 0.717) is 17.9 Å². The summed E-state index contributed by atoms with van der Waals surface area (Å²) < 4.78 is 4.98. The number of nitrogen functional groups attached to an aromatic ring is 1. The zero-order chi connectivity index (χ0) is 14.4. The molecule has 3 N–H and O–H groups in total. The quantitative estimate of drug-likeness (QED) is 0.606. The molecule has 5 nitrogen and oxygen atoms in total. The van der Waals surface area contributed by atoms with E-state index in [1.807, 2.05) is 20.2 Å². The van der Waals surface area contributed by atoms with Crippen LogP contribution in [0.3, 0.4) is 0 Å². The van der Waals surface area contributed by atoms with Gasteiger partial charge >= 0.3 is 5.97 Å². The Balaban J connectivity index is 2.81. The van der Waals surface area contributed by atoms with Crippen molar-refractivity contribution in [3.63, 3.8) is 0 Å². The van der Waals surface area contributed by atoms with Crippen LogP contribution in [0.4, 0.5) is 11.4 Å². The number of carbonyl (C=O) groups excluding carboxylic acids is 1. The van der Waals surface area contributed by atoms with Gasteiger partial charge in [-0.2, -0.15) is 0 Å². The normalized spacial score (nSPS) is 12.3. The van der Waals surface area contributed by atoms with Crippen molar-refractivity contribution in [1.82, 2.24) is 4.90 Å². The highest BCUT2D eigenvalue weighted by Crippen LogP contribution is 2.19. The average molecular weight is 265 g/mol. The van der Waals surface area contributed by atoms with Crippen LogP contribution in [-0.2, 0) is 4.74 Å². The number of ether oxygens (including phenoxy) is 1. The van der Waals surface area contributed by atoms with E-state index in [2.05, 4.69) is 17.1 Å². The van der Waals surface area contributed by atoms with E-state index < -0.39 is 0 Å². The van der Waals surface area contributed by atoms with Crippen molar-refractivity contribution in [2.24, 2.45) is 0 Å². The van der Waals surface area contributed by atoms with Crippen LogP contribution >= 0.6 is 0 Å². The maximum Gasteiger partial charge on any atom is 0.340 e. The smallest absolute Gasteiger partial charge is 0.340 e. The number of hydrogen-bond acceptors (Lipinski definition) is 5. The van der Waals surface area contributed by atoms with Gasteiger partial charge in [0.1, 0.15) is 0 Å². The molecular formula is C14H23N3O2. The molecule has 1 aromatic carbocycles. The molecule has 19 heavy (non-hydrogen) atoms. The van der Waals surface area contributed by atoms with Crippen LogP contribution in [0.1, 0.15) is 24.2 Å². The van der Waals surface area contributed by atoms with E-state index >= 15 is 0 Å². The molecule has 0 aliphatic heterocycles. The molecule has 1 unspecified atom stereocenters.